The predicted molar refractivity (Wildman–Crippen MR) is 77.7 cm³/mol. The lowest BCUT2D eigenvalue weighted by molar-refractivity contribution is 0.283. The van der Waals surface area contributed by atoms with Gasteiger partial charge in [-0.1, -0.05) is 41.9 Å². The summed E-state index contributed by atoms with van der Waals surface area (Å²) in [5, 5.41) is 7.57. The smallest absolute Gasteiger partial charge is 0.234 e. The number of aryl methyl sites for hydroxylation is 1. The number of aromatic nitrogens is 2. The second kappa shape index (κ2) is 5.37. The van der Waals surface area contributed by atoms with E-state index in [2.05, 4.69) is 53.6 Å². The molecule has 0 amide bonds. The lowest BCUT2D eigenvalue weighted by Crippen LogP contribution is -2.28. The lowest BCUT2D eigenvalue weighted by Gasteiger charge is -2.20. The minimum atomic E-state index is 0.0395. The van der Waals surface area contributed by atoms with Gasteiger partial charge in [0.2, 0.25) is 5.89 Å². The van der Waals surface area contributed by atoms with Gasteiger partial charge in [-0.05, 0) is 31.9 Å². The van der Waals surface area contributed by atoms with E-state index in [9.17, 15) is 0 Å². The molecule has 2 aromatic rings. The van der Waals surface area contributed by atoms with Crippen LogP contribution in [-0.2, 0) is 11.8 Å². The highest BCUT2D eigenvalue weighted by Gasteiger charge is 2.39. The van der Waals surface area contributed by atoms with Crippen molar-refractivity contribution in [2.24, 2.45) is 0 Å². The molecule has 1 fully saturated rings. The van der Waals surface area contributed by atoms with Crippen LogP contribution in [0, 0.1) is 6.92 Å². The number of nitrogens with zero attached hydrogens (tertiary/aromatic N) is 2. The summed E-state index contributed by atoms with van der Waals surface area (Å²) in [6.45, 7) is 6.26. The van der Waals surface area contributed by atoms with Gasteiger partial charge >= 0.3 is 0 Å². The Kier molecular flexibility index (Phi) is 3.57. The van der Waals surface area contributed by atoms with Crippen molar-refractivity contribution in [1.82, 2.24) is 15.5 Å². The van der Waals surface area contributed by atoms with E-state index in [0.717, 1.165) is 44.1 Å². The van der Waals surface area contributed by atoms with Crippen molar-refractivity contribution in [3.8, 4) is 0 Å². The minimum absolute atomic E-state index is 0.0395. The van der Waals surface area contributed by atoms with Crippen LogP contribution >= 0.6 is 0 Å². The average Bonchev–Trinajstić information content (AvgIpc) is 3.08. The van der Waals surface area contributed by atoms with Crippen molar-refractivity contribution in [2.45, 2.75) is 38.5 Å². The van der Waals surface area contributed by atoms with Crippen molar-refractivity contribution >= 4 is 0 Å². The van der Waals surface area contributed by atoms with Crippen LogP contribution in [0.3, 0.4) is 0 Å². The Hall–Kier alpha value is -1.68. The third-order valence-electron chi connectivity index (χ3n) is 4.29. The second-order valence-electron chi connectivity index (χ2n) is 5.74. The van der Waals surface area contributed by atoms with Crippen LogP contribution in [-0.4, -0.2) is 23.2 Å². The summed E-state index contributed by atoms with van der Waals surface area (Å²) in [4.78, 5) is 4.64. The van der Waals surface area contributed by atoms with Gasteiger partial charge < -0.3 is 9.84 Å². The first-order valence-electron chi connectivity index (χ1n) is 7.31. The van der Waals surface area contributed by atoms with E-state index < -0.39 is 0 Å². The molecule has 3 rings (SSSR count). The Morgan fingerprint density at radius 3 is 3.00 bits per heavy atom. The fraction of sp³-hybridized carbons (Fsp3) is 0.500. The van der Waals surface area contributed by atoms with Gasteiger partial charge in [0.25, 0.3) is 0 Å². The Labute approximate surface area is 119 Å². The summed E-state index contributed by atoms with van der Waals surface area (Å²) in [5.74, 6) is 1.58. The molecule has 2 heterocycles. The van der Waals surface area contributed by atoms with Gasteiger partial charge in [-0.15, -0.1) is 0 Å². The molecular formula is C16H21N3O. The zero-order valence-electron chi connectivity index (χ0n) is 12.1. The molecule has 1 aromatic carbocycles. The van der Waals surface area contributed by atoms with Crippen LogP contribution in [0.15, 0.2) is 28.8 Å². The maximum Gasteiger partial charge on any atom is 0.234 e. The fourth-order valence-corrected chi connectivity index (χ4v) is 2.93. The van der Waals surface area contributed by atoms with Crippen LogP contribution in [0.5, 0.6) is 0 Å². The molecule has 1 aliphatic heterocycles. The molecule has 0 spiro atoms. The normalized spacial score (nSPS) is 22.3. The van der Waals surface area contributed by atoms with Gasteiger partial charge in [-0.3, -0.25) is 0 Å². The number of nitrogens with one attached hydrogen (secondary N) is 1. The van der Waals surface area contributed by atoms with E-state index in [1.807, 2.05) is 0 Å². The highest BCUT2D eigenvalue weighted by atomic mass is 16.5. The van der Waals surface area contributed by atoms with E-state index in [1.54, 1.807) is 0 Å². The zero-order chi connectivity index (χ0) is 14.0. The third kappa shape index (κ3) is 2.48. The van der Waals surface area contributed by atoms with Crippen molar-refractivity contribution in [1.29, 1.82) is 0 Å². The minimum Gasteiger partial charge on any atom is -0.339 e. The Morgan fingerprint density at radius 2 is 2.30 bits per heavy atom. The summed E-state index contributed by atoms with van der Waals surface area (Å²) >= 11 is 0. The van der Waals surface area contributed by atoms with Crippen LogP contribution in [0.4, 0.5) is 0 Å². The second-order valence-corrected chi connectivity index (χ2v) is 5.74. The molecule has 0 radical (unpaired) electrons. The van der Waals surface area contributed by atoms with E-state index in [-0.39, 0.29) is 5.41 Å². The Morgan fingerprint density at radius 1 is 1.40 bits per heavy atom. The predicted octanol–water partition coefficient (Wildman–Crippen LogP) is 2.61. The topological polar surface area (TPSA) is 51.0 Å². The SMILES string of the molecule is CCC1(c2nc(Cc3cccc(C)c3)no2)CCNC1. The molecule has 1 atom stereocenters. The maximum atomic E-state index is 5.54. The van der Waals surface area contributed by atoms with E-state index in [0.29, 0.717) is 0 Å². The number of hydrogen-bond acceptors (Lipinski definition) is 4. The largest absolute Gasteiger partial charge is 0.339 e. The van der Waals surface area contributed by atoms with Gasteiger partial charge in [-0.25, -0.2) is 0 Å². The molecule has 106 valence electrons. The molecule has 4 nitrogen and oxygen atoms in total. The van der Waals surface area contributed by atoms with E-state index in [4.69, 9.17) is 4.52 Å². The highest BCUT2D eigenvalue weighted by Crippen LogP contribution is 2.32. The molecule has 1 aliphatic rings. The summed E-state index contributed by atoms with van der Waals surface area (Å²) < 4.78 is 5.54. The van der Waals surface area contributed by atoms with Crippen LogP contribution < -0.4 is 5.32 Å². The standard InChI is InChI=1S/C16H21N3O/c1-3-16(7-8-17-11-16)15-18-14(19-20-15)10-13-6-4-5-12(2)9-13/h4-6,9,17H,3,7-8,10-11H2,1-2H3. The Bertz CT molecular complexity index is 585. The fourth-order valence-electron chi connectivity index (χ4n) is 2.93. The molecule has 1 unspecified atom stereocenters. The summed E-state index contributed by atoms with van der Waals surface area (Å²) in [6, 6.07) is 8.44. The molecule has 20 heavy (non-hydrogen) atoms. The maximum absolute atomic E-state index is 5.54. The highest BCUT2D eigenvalue weighted by molar-refractivity contribution is 5.24. The molecule has 1 saturated heterocycles. The van der Waals surface area contributed by atoms with E-state index in [1.165, 1.54) is 11.1 Å². The first-order valence-corrected chi connectivity index (χ1v) is 7.31. The molecule has 1 N–H and O–H groups in total. The molecule has 1 aromatic heterocycles. The van der Waals surface area contributed by atoms with Crippen molar-refractivity contribution in [3.05, 3.63) is 47.1 Å². The van der Waals surface area contributed by atoms with Crippen molar-refractivity contribution in [2.75, 3.05) is 13.1 Å². The van der Waals surface area contributed by atoms with Gasteiger partial charge in [-0.2, -0.15) is 4.98 Å². The molecule has 0 bridgehead atoms. The summed E-state index contributed by atoms with van der Waals surface area (Å²) in [7, 11) is 0. The number of benzene rings is 1. The molecular weight excluding hydrogens is 250 g/mol. The van der Waals surface area contributed by atoms with Gasteiger partial charge in [0.15, 0.2) is 5.82 Å². The molecule has 4 heteroatoms. The average molecular weight is 271 g/mol. The van der Waals surface area contributed by atoms with Gasteiger partial charge in [0, 0.05) is 13.0 Å². The van der Waals surface area contributed by atoms with Crippen LogP contribution in [0.1, 0.15) is 42.6 Å². The van der Waals surface area contributed by atoms with E-state index >= 15 is 0 Å². The monoisotopic (exact) mass is 271 g/mol. The van der Waals surface area contributed by atoms with Crippen LogP contribution in [0.2, 0.25) is 0 Å². The van der Waals surface area contributed by atoms with Crippen molar-refractivity contribution < 1.29 is 4.52 Å². The van der Waals surface area contributed by atoms with Crippen molar-refractivity contribution in [3.63, 3.8) is 0 Å². The first kappa shape index (κ1) is 13.3. The molecule has 0 saturated carbocycles. The van der Waals surface area contributed by atoms with Gasteiger partial charge in [0.1, 0.15) is 0 Å². The third-order valence-corrected chi connectivity index (χ3v) is 4.29. The zero-order valence-corrected chi connectivity index (χ0v) is 12.1. The summed E-state index contributed by atoms with van der Waals surface area (Å²) in [6.07, 6.45) is 2.85. The van der Waals surface area contributed by atoms with Crippen LogP contribution in [0.25, 0.3) is 0 Å². The Balaban J connectivity index is 1.80. The lowest BCUT2D eigenvalue weighted by atomic mass is 9.84. The number of hydrogen-bond donors (Lipinski definition) is 1. The quantitative estimate of drug-likeness (QED) is 0.928. The first-order chi connectivity index (χ1) is 9.72. The number of rotatable bonds is 4. The van der Waals surface area contributed by atoms with Gasteiger partial charge in [0.05, 0.1) is 5.41 Å². The molecule has 0 aliphatic carbocycles. The summed E-state index contributed by atoms with van der Waals surface area (Å²) in [5.41, 5.74) is 2.53.